The third-order valence-corrected chi connectivity index (χ3v) is 9.05. The van der Waals surface area contributed by atoms with Crippen molar-refractivity contribution in [1.82, 2.24) is 0 Å². The van der Waals surface area contributed by atoms with E-state index >= 15 is 0 Å². The average Bonchev–Trinajstić information content (AvgIpc) is 3.31. The molecule has 29 heavy (non-hydrogen) atoms. The fraction of sp³-hybridized carbons (Fsp3) is 0.692. The van der Waals surface area contributed by atoms with E-state index in [4.69, 9.17) is 0 Å². The second-order valence-corrected chi connectivity index (χ2v) is 10.9. The van der Waals surface area contributed by atoms with Crippen LogP contribution in [0.3, 0.4) is 0 Å². The van der Waals surface area contributed by atoms with Crippen LogP contribution in [-0.2, 0) is 19.2 Å². The van der Waals surface area contributed by atoms with Crippen molar-refractivity contribution >= 4 is 0 Å². The summed E-state index contributed by atoms with van der Waals surface area (Å²) in [6, 6.07) is 0. The molecule has 0 N–H and O–H groups in total. The van der Waals surface area contributed by atoms with E-state index < -0.39 is 0 Å². The van der Waals surface area contributed by atoms with Crippen LogP contribution in [0.5, 0.6) is 0 Å². The van der Waals surface area contributed by atoms with Crippen molar-refractivity contribution in [2.24, 2.45) is 11.8 Å². The maximum absolute atomic E-state index is 2.48. The summed E-state index contributed by atoms with van der Waals surface area (Å²) in [5.41, 5.74) is 3.46. The normalized spacial score (nSPS) is 17.2. The molecule has 0 aromatic rings. The van der Waals surface area contributed by atoms with Crippen LogP contribution >= 0.6 is 0 Å². The van der Waals surface area contributed by atoms with Crippen LogP contribution in [0.4, 0.5) is 0 Å². The summed E-state index contributed by atoms with van der Waals surface area (Å²) < 4.78 is 3.70. The van der Waals surface area contributed by atoms with Gasteiger partial charge in [-0.05, 0) is 0 Å². The smallest absolute Gasteiger partial charge is 1.00 e. The Kier molecular flexibility index (Phi) is 17.0. The van der Waals surface area contributed by atoms with Gasteiger partial charge in [0, 0.05) is 0 Å². The quantitative estimate of drug-likeness (QED) is 0.341. The van der Waals surface area contributed by atoms with Gasteiger partial charge >= 0.3 is 179 Å². The summed E-state index contributed by atoms with van der Waals surface area (Å²) in [7, 11) is 0. The molecule has 0 heterocycles. The Balaban J connectivity index is 0.00000392. The number of halogens is 2. The molecule has 0 fully saturated rings. The summed E-state index contributed by atoms with van der Waals surface area (Å²) in [5.74, 6) is 1.80. The fourth-order valence-electron chi connectivity index (χ4n) is 4.44. The monoisotopic (exact) mass is 472 g/mol. The molecule has 2 unspecified atom stereocenters. The zero-order chi connectivity index (χ0) is 19.5. The Hall–Kier alpha value is 0.254. The molecule has 164 valence electrons. The molecular weight excluding hydrogens is 431 g/mol. The third kappa shape index (κ3) is 9.94. The third-order valence-electron chi connectivity index (χ3n) is 6.46. The topological polar surface area (TPSA) is 0 Å². The number of allylic oxidation sites excluding steroid dienone is 8. The van der Waals surface area contributed by atoms with Crippen LogP contribution in [0.25, 0.3) is 0 Å². The molecule has 0 saturated heterocycles. The predicted octanol–water partition coefficient (Wildman–Crippen LogP) is 2.72. The van der Waals surface area contributed by atoms with Gasteiger partial charge in [0.1, 0.15) is 0 Å². The molecule has 3 heteroatoms. The van der Waals surface area contributed by atoms with E-state index in [9.17, 15) is 0 Å². The maximum Gasteiger partial charge on any atom is -1.00 e. The van der Waals surface area contributed by atoms with Gasteiger partial charge in [0.2, 0.25) is 0 Å². The van der Waals surface area contributed by atoms with Crippen LogP contribution in [0.1, 0.15) is 105 Å². The second kappa shape index (κ2) is 16.9. The van der Waals surface area contributed by atoms with Crippen LogP contribution in [0.15, 0.2) is 43.2 Å². The molecule has 2 aliphatic carbocycles. The van der Waals surface area contributed by atoms with Crippen molar-refractivity contribution in [1.29, 1.82) is 0 Å². The molecule has 0 amide bonds. The van der Waals surface area contributed by atoms with Gasteiger partial charge in [-0.1, -0.05) is 0 Å². The van der Waals surface area contributed by atoms with Crippen molar-refractivity contribution < 1.29 is 44.0 Å². The first-order chi connectivity index (χ1) is 13.2. The maximum atomic E-state index is 2.48. The molecule has 2 atom stereocenters. The Morgan fingerprint density at radius 3 is 1.48 bits per heavy atom. The van der Waals surface area contributed by atoms with Crippen LogP contribution in [-0.4, -0.2) is 0 Å². The number of hydrogen-bond donors (Lipinski definition) is 0. The van der Waals surface area contributed by atoms with E-state index in [1.807, 2.05) is 7.76 Å². The van der Waals surface area contributed by atoms with E-state index in [1.165, 1.54) is 77.0 Å². The molecule has 0 nitrogen and oxygen atoms in total. The molecule has 0 aromatic heterocycles. The summed E-state index contributed by atoms with van der Waals surface area (Å²) in [6.07, 6.45) is 26.0. The van der Waals surface area contributed by atoms with Crippen LogP contribution in [0.2, 0.25) is 0 Å². The largest absolute Gasteiger partial charge is 1.00 e. The minimum atomic E-state index is -0.0889. The van der Waals surface area contributed by atoms with Crippen molar-refractivity contribution in [3.63, 3.8) is 0 Å². The Morgan fingerprint density at radius 1 is 0.724 bits per heavy atom. The minimum Gasteiger partial charge on any atom is -1.00 e. The van der Waals surface area contributed by atoms with Gasteiger partial charge in [0.25, 0.3) is 0 Å². The summed E-state index contributed by atoms with van der Waals surface area (Å²) >= 11 is -0.0889. The van der Waals surface area contributed by atoms with E-state index in [0.29, 0.717) is 0 Å². The van der Waals surface area contributed by atoms with Crippen molar-refractivity contribution in [2.45, 2.75) is 105 Å². The summed E-state index contributed by atoms with van der Waals surface area (Å²) in [4.78, 5) is 0. The van der Waals surface area contributed by atoms with Gasteiger partial charge in [-0.2, -0.15) is 0 Å². The van der Waals surface area contributed by atoms with Crippen molar-refractivity contribution in [3.8, 4) is 0 Å². The number of rotatable bonds is 14. The van der Waals surface area contributed by atoms with Gasteiger partial charge < -0.3 is 24.8 Å². The molecular formula is C26H42Cl2Ti. The SMILES string of the molecule is CCCCC(CC)CC1=[C]([Ti+2][C]2=C(CC(CC)CCCC)C=CC2)CC=C1.[Cl-].[Cl-]. The Labute approximate surface area is 202 Å². The van der Waals surface area contributed by atoms with Gasteiger partial charge in [0.15, 0.2) is 0 Å². The molecule has 0 saturated carbocycles. The minimum absolute atomic E-state index is 0. The first-order valence-corrected chi connectivity index (χ1v) is 13.3. The Morgan fingerprint density at radius 2 is 1.14 bits per heavy atom. The van der Waals surface area contributed by atoms with E-state index in [1.54, 1.807) is 11.1 Å². The van der Waals surface area contributed by atoms with Crippen molar-refractivity contribution in [3.05, 3.63) is 43.2 Å². The molecule has 0 aliphatic heterocycles. The van der Waals surface area contributed by atoms with Crippen molar-refractivity contribution in [2.75, 3.05) is 0 Å². The van der Waals surface area contributed by atoms with Gasteiger partial charge in [-0.3, -0.25) is 0 Å². The molecule has 0 aromatic carbocycles. The number of hydrogen-bond acceptors (Lipinski definition) is 0. The summed E-state index contributed by atoms with van der Waals surface area (Å²) in [5, 5.41) is 0. The zero-order valence-corrected chi connectivity index (χ0v) is 22.3. The fourth-order valence-corrected chi connectivity index (χ4v) is 6.77. The van der Waals surface area contributed by atoms with E-state index in [0.717, 1.165) is 11.8 Å². The Bertz CT molecular complexity index is 521. The first-order valence-electron chi connectivity index (χ1n) is 11.8. The van der Waals surface area contributed by atoms with Crippen LogP contribution in [0, 0.1) is 11.8 Å². The molecule has 0 radical (unpaired) electrons. The van der Waals surface area contributed by atoms with Crippen LogP contribution < -0.4 is 24.8 Å². The average molecular weight is 473 g/mol. The van der Waals surface area contributed by atoms with E-state index in [2.05, 4.69) is 52.0 Å². The second-order valence-electron chi connectivity index (χ2n) is 8.59. The summed E-state index contributed by atoms with van der Waals surface area (Å²) in [6.45, 7) is 9.42. The van der Waals surface area contributed by atoms with Gasteiger partial charge in [-0.25, -0.2) is 0 Å². The zero-order valence-electron chi connectivity index (χ0n) is 19.2. The molecule has 0 spiro atoms. The van der Waals surface area contributed by atoms with Gasteiger partial charge in [-0.15, -0.1) is 0 Å². The van der Waals surface area contributed by atoms with E-state index in [-0.39, 0.29) is 44.0 Å². The van der Waals surface area contributed by atoms with Gasteiger partial charge in [0.05, 0.1) is 0 Å². The molecule has 0 bridgehead atoms. The molecule has 2 aliphatic rings. The molecule has 2 rings (SSSR count). The standard InChI is InChI=1S/2C13H21.2ClH.Ti/c2*1-3-5-8-12(4-2)11-13-9-6-7-10-13;;;/h2*6,9,12H,3-5,7-8,11H2,1-2H3;2*1H;/q;;;;+2/p-2. The predicted molar refractivity (Wildman–Crippen MR) is 117 cm³/mol. The first kappa shape index (κ1) is 29.3. The number of unbranched alkanes of at least 4 members (excludes halogenated alkanes) is 2.